The molecule has 1 aromatic heterocycles. The first-order valence-electron chi connectivity index (χ1n) is 6.84. The van der Waals surface area contributed by atoms with Crippen LogP contribution in [0.3, 0.4) is 0 Å². The van der Waals surface area contributed by atoms with Crippen LogP contribution in [0.25, 0.3) is 0 Å². The van der Waals surface area contributed by atoms with Gasteiger partial charge in [-0.05, 0) is 12.3 Å². The molecule has 0 aliphatic carbocycles. The number of rotatable bonds is 3. The first kappa shape index (κ1) is 14.6. The summed E-state index contributed by atoms with van der Waals surface area (Å²) in [6.07, 6.45) is 1.20. The molecule has 0 spiro atoms. The van der Waals surface area contributed by atoms with Crippen LogP contribution < -0.4 is 0 Å². The van der Waals surface area contributed by atoms with Gasteiger partial charge in [-0.3, -0.25) is 9.48 Å². The lowest BCUT2D eigenvalue weighted by Crippen LogP contribution is -2.37. The second-order valence-corrected chi connectivity index (χ2v) is 5.55. The number of hydrogen-bond donors (Lipinski definition) is 0. The number of amides is 1. The van der Waals surface area contributed by atoms with Crippen molar-refractivity contribution >= 4 is 11.9 Å². The molecular weight excluding hydrogens is 258 g/mol. The van der Waals surface area contributed by atoms with Gasteiger partial charge < -0.3 is 9.64 Å². The van der Waals surface area contributed by atoms with E-state index in [1.165, 1.54) is 7.11 Å². The molecule has 1 amide bonds. The van der Waals surface area contributed by atoms with Crippen LogP contribution in [0, 0.1) is 5.92 Å². The number of carbonyl (C=O) groups is 2. The minimum Gasteiger partial charge on any atom is -0.464 e. The molecule has 0 fully saturated rings. The van der Waals surface area contributed by atoms with Crippen LogP contribution in [0.2, 0.25) is 0 Å². The quantitative estimate of drug-likeness (QED) is 0.778. The summed E-state index contributed by atoms with van der Waals surface area (Å²) in [5.74, 6) is 0.0938. The summed E-state index contributed by atoms with van der Waals surface area (Å²) in [5.41, 5.74) is 2.21. The number of nitrogens with zero attached hydrogens (tertiary/aromatic N) is 3. The van der Waals surface area contributed by atoms with Crippen LogP contribution in [0.5, 0.6) is 0 Å². The molecule has 1 aliphatic rings. The third-order valence-corrected chi connectivity index (χ3v) is 3.56. The minimum absolute atomic E-state index is 0.159. The van der Waals surface area contributed by atoms with Gasteiger partial charge >= 0.3 is 5.97 Å². The van der Waals surface area contributed by atoms with Gasteiger partial charge in [0.1, 0.15) is 0 Å². The Morgan fingerprint density at radius 1 is 1.40 bits per heavy atom. The lowest BCUT2D eigenvalue weighted by molar-refractivity contribution is -0.133. The predicted octanol–water partition coefficient (Wildman–Crippen LogP) is 1.14. The Morgan fingerprint density at radius 3 is 2.70 bits per heavy atom. The van der Waals surface area contributed by atoms with E-state index in [9.17, 15) is 9.59 Å². The van der Waals surface area contributed by atoms with Crippen molar-refractivity contribution in [2.24, 2.45) is 13.0 Å². The van der Waals surface area contributed by atoms with Crippen LogP contribution >= 0.6 is 0 Å². The lowest BCUT2D eigenvalue weighted by atomic mass is 10.0. The van der Waals surface area contributed by atoms with Crippen molar-refractivity contribution in [2.45, 2.75) is 33.2 Å². The summed E-state index contributed by atoms with van der Waals surface area (Å²) in [6.45, 7) is 5.22. The zero-order chi connectivity index (χ0) is 14.9. The Kier molecular flexibility index (Phi) is 4.11. The monoisotopic (exact) mass is 279 g/mol. The molecule has 0 aromatic carbocycles. The van der Waals surface area contributed by atoms with Crippen molar-refractivity contribution in [2.75, 3.05) is 13.7 Å². The highest BCUT2D eigenvalue weighted by Crippen LogP contribution is 2.23. The Bertz CT molecular complexity index is 534. The van der Waals surface area contributed by atoms with Gasteiger partial charge in [-0.25, -0.2) is 4.79 Å². The summed E-state index contributed by atoms with van der Waals surface area (Å²) in [7, 11) is 3.15. The molecule has 0 unspecified atom stereocenters. The van der Waals surface area contributed by atoms with E-state index in [4.69, 9.17) is 4.74 Å². The highest BCUT2D eigenvalue weighted by Gasteiger charge is 2.29. The number of carbonyl (C=O) groups excluding carboxylic acids is 2. The van der Waals surface area contributed by atoms with Gasteiger partial charge in [-0.1, -0.05) is 13.8 Å². The molecule has 1 aromatic rings. The van der Waals surface area contributed by atoms with Crippen molar-refractivity contribution in [1.82, 2.24) is 14.7 Å². The summed E-state index contributed by atoms with van der Waals surface area (Å²) in [6, 6.07) is 0. The van der Waals surface area contributed by atoms with Gasteiger partial charge in [-0.15, -0.1) is 0 Å². The van der Waals surface area contributed by atoms with Gasteiger partial charge in [0, 0.05) is 25.6 Å². The fraction of sp³-hybridized carbons (Fsp3) is 0.643. The summed E-state index contributed by atoms with van der Waals surface area (Å²) in [4.78, 5) is 25.7. The number of hydrogen-bond acceptors (Lipinski definition) is 4. The van der Waals surface area contributed by atoms with Crippen LogP contribution in [-0.2, 0) is 29.5 Å². The second kappa shape index (κ2) is 5.64. The molecule has 2 heterocycles. The standard InChI is InChI=1S/C14H21N3O3/c1-9(2)7-12(18)17-6-5-10-11(8-17)16(3)15-13(10)14(19)20-4/h9H,5-8H2,1-4H3. The van der Waals surface area contributed by atoms with E-state index >= 15 is 0 Å². The molecule has 0 radical (unpaired) electrons. The van der Waals surface area contributed by atoms with E-state index in [-0.39, 0.29) is 5.91 Å². The highest BCUT2D eigenvalue weighted by atomic mass is 16.5. The summed E-state index contributed by atoms with van der Waals surface area (Å²) >= 11 is 0. The number of aromatic nitrogens is 2. The largest absolute Gasteiger partial charge is 0.464 e. The Labute approximate surface area is 118 Å². The molecule has 110 valence electrons. The van der Waals surface area contributed by atoms with E-state index in [1.807, 2.05) is 18.7 Å². The van der Waals surface area contributed by atoms with Crippen molar-refractivity contribution < 1.29 is 14.3 Å². The van der Waals surface area contributed by atoms with E-state index in [1.54, 1.807) is 11.7 Å². The maximum absolute atomic E-state index is 12.1. The first-order chi connectivity index (χ1) is 9.43. The summed E-state index contributed by atoms with van der Waals surface area (Å²) in [5, 5.41) is 4.22. The van der Waals surface area contributed by atoms with Crippen molar-refractivity contribution in [3.63, 3.8) is 0 Å². The smallest absolute Gasteiger partial charge is 0.358 e. The minimum atomic E-state index is -0.413. The number of methoxy groups -OCH3 is 1. The van der Waals surface area contributed by atoms with Crippen molar-refractivity contribution in [3.05, 3.63) is 17.0 Å². The van der Waals surface area contributed by atoms with Gasteiger partial charge in [0.2, 0.25) is 5.91 Å². The molecule has 0 bridgehead atoms. The molecule has 6 heteroatoms. The van der Waals surface area contributed by atoms with Gasteiger partial charge in [0.05, 0.1) is 19.3 Å². The zero-order valence-electron chi connectivity index (χ0n) is 12.5. The van der Waals surface area contributed by atoms with E-state index < -0.39 is 5.97 Å². The second-order valence-electron chi connectivity index (χ2n) is 5.55. The third kappa shape index (κ3) is 2.69. The van der Waals surface area contributed by atoms with Crippen molar-refractivity contribution in [3.8, 4) is 0 Å². The van der Waals surface area contributed by atoms with Gasteiger partial charge in [0.25, 0.3) is 0 Å². The average Bonchev–Trinajstić information content (AvgIpc) is 2.74. The normalized spacial score (nSPS) is 14.3. The first-order valence-corrected chi connectivity index (χ1v) is 6.84. The molecule has 20 heavy (non-hydrogen) atoms. The van der Waals surface area contributed by atoms with Crippen LogP contribution in [0.1, 0.15) is 42.0 Å². The van der Waals surface area contributed by atoms with E-state index in [0.717, 1.165) is 11.3 Å². The molecule has 0 N–H and O–H groups in total. The molecule has 0 saturated heterocycles. The van der Waals surface area contributed by atoms with E-state index in [0.29, 0.717) is 37.5 Å². The van der Waals surface area contributed by atoms with Crippen LogP contribution in [-0.4, -0.2) is 40.2 Å². The number of esters is 1. The third-order valence-electron chi connectivity index (χ3n) is 3.56. The zero-order valence-corrected chi connectivity index (χ0v) is 12.5. The van der Waals surface area contributed by atoms with Crippen LogP contribution in [0.4, 0.5) is 0 Å². The SMILES string of the molecule is COC(=O)c1nn(C)c2c1CCN(C(=O)CC(C)C)C2. The average molecular weight is 279 g/mol. The maximum atomic E-state index is 12.1. The summed E-state index contributed by atoms with van der Waals surface area (Å²) < 4.78 is 6.42. The Morgan fingerprint density at radius 2 is 2.10 bits per heavy atom. The Balaban J connectivity index is 2.21. The van der Waals surface area contributed by atoms with Crippen LogP contribution in [0.15, 0.2) is 0 Å². The highest BCUT2D eigenvalue weighted by molar-refractivity contribution is 5.89. The maximum Gasteiger partial charge on any atom is 0.358 e. The molecule has 2 rings (SSSR count). The van der Waals surface area contributed by atoms with Gasteiger partial charge in [-0.2, -0.15) is 5.10 Å². The molecular formula is C14H21N3O3. The number of aryl methyl sites for hydroxylation is 1. The predicted molar refractivity (Wildman–Crippen MR) is 73.1 cm³/mol. The van der Waals surface area contributed by atoms with Crippen molar-refractivity contribution in [1.29, 1.82) is 0 Å². The number of fused-ring (bicyclic) bond motifs is 1. The van der Waals surface area contributed by atoms with E-state index in [2.05, 4.69) is 5.10 Å². The fourth-order valence-corrected chi connectivity index (χ4v) is 2.52. The number of ether oxygens (including phenoxy) is 1. The molecule has 0 saturated carbocycles. The molecule has 1 aliphatic heterocycles. The molecule has 6 nitrogen and oxygen atoms in total. The Hall–Kier alpha value is -1.85. The topological polar surface area (TPSA) is 64.4 Å². The lowest BCUT2D eigenvalue weighted by Gasteiger charge is -2.28. The molecule has 0 atom stereocenters. The van der Waals surface area contributed by atoms with Gasteiger partial charge in [0.15, 0.2) is 5.69 Å². The fourth-order valence-electron chi connectivity index (χ4n) is 2.52.